The van der Waals surface area contributed by atoms with Gasteiger partial charge >= 0.3 is 0 Å². The van der Waals surface area contributed by atoms with E-state index in [1.165, 1.54) is 96.3 Å². The molecule has 2 fully saturated rings. The van der Waals surface area contributed by atoms with Crippen molar-refractivity contribution in [2.45, 2.75) is 116 Å². The SMILES string of the molecule is CCCCCCCC/C=C/C1CCC(CCC2CCC(C#N)CC2)CC1. The minimum atomic E-state index is 0.366. The minimum Gasteiger partial charge on any atom is -0.198 e. The smallest absolute Gasteiger partial charge is 0.0655 e. The lowest BCUT2D eigenvalue weighted by atomic mass is 9.76. The highest BCUT2D eigenvalue weighted by atomic mass is 14.3. The standard InChI is InChI=1S/C25H43N/c1-2-3-4-5-6-7-8-9-10-22-11-13-23(14-12-22)15-16-24-17-19-25(21-26)20-18-24/h9-10,22-25H,2-8,11-20H2,1H3/b10-9+. The molecule has 0 N–H and O–H groups in total. The van der Waals surface area contributed by atoms with Crippen molar-refractivity contribution in [2.24, 2.45) is 23.7 Å². The molecule has 2 saturated carbocycles. The lowest BCUT2D eigenvalue weighted by molar-refractivity contribution is 0.242. The summed E-state index contributed by atoms with van der Waals surface area (Å²) in [7, 11) is 0. The number of unbranched alkanes of at least 4 members (excludes halogenated alkanes) is 6. The molecule has 26 heavy (non-hydrogen) atoms. The van der Waals surface area contributed by atoms with Gasteiger partial charge in [0.2, 0.25) is 0 Å². The van der Waals surface area contributed by atoms with Crippen LogP contribution in [0.5, 0.6) is 0 Å². The molecular weight excluding hydrogens is 314 g/mol. The molecule has 2 aliphatic carbocycles. The van der Waals surface area contributed by atoms with Crippen LogP contribution in [0.2, 0.25) is 0 Å². The fourth-order valence-corrected chi connectivity index (χ4v) is 5.05. The molecule has 0 bridgehead atoms. The Morgan fingerprint density at radius 3 is 1.96 bits per heavy atom. The van der Waals surface area contributed by atoms with E-state index in [1.54, 1.807) is 0 Å². The van der Waals surface area contributed by atoms with Crippen molar-refractivity contribution < 1.29 is 0 Å². The number of nitriles is 1. The molecule has 0 amide bonds. The number of hydrogen-bond donors (Lipinski definition) is 0. The van der Waals surface area contributed by atoms with Crippen LogP contribution < -0.4 is 0 Å². The van der Waals surface area contributed by atoms with E-state index in [0.29, 0.717) is 5.92 Å². The molecule has 1 nitrogen and oxygen atoms in total. The average molecular weight is 358 g/mol. The van der Waals surface area contributed by atoms with Crippen molar-refractivity contribution in [3.8, 4) is 6.07 Å². The first kappa shape index (κ1) is 21.5. The third kappa shape index (κ3) is 8.75. The van der Waals surface area contributed by atoms with Crippen molar-refractivity contribution in [2.75, 3.05) is 0 Å². The molecule has 0 aliphatic heterocycles. The van der Waals surface area contributed by atoms with Gasteiger partial charge in [-0.1, -0.05) is 64.0 Å². The molecule has 1 heteroatoms. The van der Waals surface area contributed by atoms with E-state index in [0.717, 1.165) is 30.6 Å². The molecule has 0 aromatic heterocycles. The van der Waals surface area contributed by atoms with E-state index in [9.17, 15) is 0 Å². The number of allylic oxidation sites excluding steroid dienone is 2. The van der Waals surface area contributed by atoms with Gasteiger partial charge in [-0.25, -0.2) is 0 Å². The van der Waals surface area contributed by atoms with Crippen LogP contribution in [0.3, 0.4) is 0 Å². The Kier molecular flexibility index (Phi) is 11.1. The Labute approximate surface area is 163 Å². The third-order valence-corrected chi connectivity index (χ3v) is 7.04. The highest BCUT2D eigenvalue weighted by Crippen LogP contribution is 2.36. The summed E-state index contributed by atoms with van der Waals surface area (Å²) in [6.45, 7) is 2.29. The first-order valence-corrected chi connectivity index (χ1v) is 11.9. The second-order valence-electron chi connectivity index (χ2n) is 9.19. The van der Waals surface area contributed by atoms with Crippen LogP contribution in [0.25, 0.3) is 0 Å². The van der Waals surface area contributed by atoms with Crippen molar-refractivity contribution >= 4 is 0 Å². The van der Waals surface area contributed by atoms with Crippen LogP contribution in [-0.4, -0.2) is 0 Å². The van der Waals surface area contributed by atoms with Gasteiger partial charge in [0.15, 0.2) is 0 Å². The molecular formula is C25H43N. The molecule has 0 aromatic carbocycles. The van der Waals surface area contributed by atoms with Gasteiger partial charge in [-0.05, 0) is 82.0 Å². The lowest BCUT2D eigenvalue weighted by Crippen LogP contribution is -2.17. The summed E-state index contributed by atoms with van der Waals surface area (Å²) in [5.41, 5.74) is 0. The molecule has 0 saturated heterocycles. The third-order valence-electron chi connectivity index (χ3n) is 7.04. The van der Waals surface area contributed by atoms with Crippen LogP contribution in [0.15, 0.2) is 12.2 Å². The fraction of sp³-hybridized carbons (Fsp3) is 0.880. The zero-order chi connectivity index (χ0) is 18.5. The van der Waals surface area contributed by atoms with Crippen molar-refractivity contribution in [3.05, 3.63) is 12.2 Å². The van der Waals surface area contributed by atoms with Gasteiger partial charge in [0.1, 0.15) is 0 Å². The predicted octanol–water partition coefficient (Wildman–Crippen LogP) is 8.21. The molecule has 148 valence electrons. The van der Waals surface area contributed by atoms with E-state index in [-0.39, 0.29) is 0 Å². The van der Waals surface area contributed by atoms with E-state index in [1.807, 2.05) is 0 Å². The van der Waals surface area contributed by atoms with E-state index in [4.69, 9.17) is 5.26 Å². The Hall–Kier alpha value is -0.770. The number of nitrogens with zero attached hydrogens (tertiary/aromatic N) is 1. The molecule has 2 aliphatic rings. The lowest BCUT2D eigenvalue weighted by Gasteiger charge is -2.30. The highest BCUT2D eigenvalue weighted by molar-refractivity contribution is 4.91. The highest BCUT2D eigenvalue weighted by Gasteiger charge is 2.23. The van der Waals surface area contributed by atoms with Crippen LogP contribution >= 0.6 is 0 Å². The maximum absolute atomic E-state index is 9.02. The maximum atomic E-state index is 9.02. The number of hydrogen-bond acceptors (Lipinski definition) is 1. The average Bonchev–Trinajstić information content (AvgIpc) is 2.69. The van der Waals surface area contributed by atoms with Crippen molar-refractivity contribution in [1.82, 2.24) is 0 Å². The Balaban J connectivity index is 1.47. The molecule has 2 rings (SSSR count). The summed E-state index contributed by atoms with van der Waals surface area (Å²) < 4.78 is 0. The molecule has 0 aromatic rings. The second kappa shape index (κ2) is 13.4. The van der Waals surface area contributed by atoms with Gasteiger partial charge in [-0.3, -0.25) is 0 Å². The second-order valence-corrected chi connectivity index (χ2v) is 9.19. The number of rotatable bonds is 11. The van der Waals surface area contributed by atoms with Gasteiger partial charge in [0.25, 0.3) is 0 Å². The normalized spacial score (nSPS) is 29.7. The van der Waals surface area contributed by atoms with Gasteiger partial charge in [-0.2, -0.15) is 5.26 Å². The molecule has 0 heterocycles. The van der Waals surface area contributed by atoms with E-state index >= 15 is 0 Å². The summed E-state index contributed by atoms with van der Waals surface area (Å²) >= 11 is 0. The maximum Gasteiger partial charge on any atom is 0.0655 e. The van der Waals surface area contributed by atoms with Gasteiger partial charge in [0.05, 0.1) is 6.07 Å². The van der Waals surface area contributed by atoms with E-state index in [2.05, 4.69) is 25.1 Å². The van der Waals surface area contributed by atoms with Gasteiger partial charge < -0.3 is 0 Å². The summed E-state index contributed by atoms with van der Waals surface area (Å²) in [4.78, 5) is 0. The van der Waals surface area contributed by atoms with Crippen LogP contribution in [0.1, 0.15) is 116 Å². The van der Waals surface area contributed by atoms with Crippen LogP contribution in [0, 0.1) is 35.0 Å². The molecule has 0 atom stereocenters. The molecule has 0 unspecified atom stereocenters. The first-order chi connectivity index (χ1) is 12.8. The Morgan fingerprint density at radius 1 is 0.769 bits per heavy atom. The zero-order valence-electron chi connectivity index (χ0n) is 17.4. The summed E-state index contributed by atoms with van der Waals surface area (Å²) in [5.74, 6) is 3.16. The van der Waals surface area contributed by atoms with Gasteiger partial charge in [0, 0.05) is 5.92 Å². The largest absolute Gasteiger partial charge is 0.198 e. The monoisotopic (exact) mass is 357 g/mol. The topological polar surface area (TPSA) is 23.8 Å². The summed E-state index contributed by atoms with van der Waals surface area (Å²) in [6.07, 6.45) is 28.4. The van der Waals surface area contributed by atoms with Crippen LogP contribution in [-0.2, 0) is 0 Å². The Bertz CT molecular complexity index is 402. The first-order valence-electron chi connectivity index (χ1n) is 11.9. The van der Waals surface area contributed by atoms with Crippen molar-refractivity contribution in [1.29, 1.82) is 5.26 Å². The van der Waals surface area contributed by atoms with Crippen molar-refractivity contribution in [3.63, 3.8) is 0 Å². The molecule has 0 spiro atoms. The fourth-order valence-electron chi connectivity index (χ4n) is 5.05. The van der Waals surface area contributed by atoms with Crippen LogP contribution in [0.4, 0.5) is 0 Å². The van der Waals surface area contributed by atoms with Gasteiger partial charge in [-0.15, -0.1) is 0 Å². The molecule has 0 radical (unpaired) electrons. The summed E-state index contributed by atoms with van der Waals surface area (Å²) in [5, 5.41) is 9.02. The zero-order valence-corrected chi connectivity index (χ0v) is 17.4. The summed E-state index contributed by atoms with van der Waals surface area (Å²) in [6, 6.07) is 2.46. The van der Waals surface area contributed by atoms with E-state index < -0.39 is 0 Å². The quantitative estimate of drug-likeness (QED) is 0.270. The predicted molar refractivity (Wildman–Crippen MR) is 113 cm³/mol. The minimum absolute atomic E-state index is 0.366. The Morgan fingerprint density at radius 2 is 1.35 bits per heavy atom.